The first-order chi connectivity index (χ1) is 15.4. The SMILES string of the molecule is O=C(Nc1ncc(S(=O)(=O)c2ccc([N+](=O)[O-])cc2)s1)c1cc([N+](=O)[O-])c(Cl)c([N+](=O)[O-])c1. The van der Waals surface area contributed by atoms with E-state index in [-0.39, 0.29) is 19.9 Å². The Bertz CT molecular complexity index is 1390. The molecule has 1 heterocycles. The Balaban J connectivity index is 1.89. The highest BCUT2D eigenvalue weighted by Crippen LogP contribution is 2.35. The molecule has 0 unspecified atom stereocenters. The lowest BCUT2D eigenvalue weighted by Crippen LogP contribution is -2.12. The lowest BCUT2D eigenvalue weighted by atomic mass is 10.1. The number of rotatable bonds is 7. The van der Waals surface area contributed by atoms with Gasteiger partial charge in [-0.2, -0.15) is 0 Å². The summed E-state index contributed by atoms with van der Waals surface area (Å²) in [7, 11) is -4.12. The van der Waals surface area contributed by atoms with Crippen molar-refractivity contribution < 1.29 is 28.0 Å². The summed E-state index contributed by atoms with van der Waals surface area (Å²) < 4.78 is 25.1. The van der Waals surface area contributed by atoms with Crippen LogP contribution in [-0.4, -0.2) is 34.1 Å². The summed E-state index contributed by atoms with van der Waals surface area (Å²) >= 11 is 6.18. The van der Waals surface area contributed by atoms with Crippen molar-refractivity contribution in [2.45, 2.75) is 9.10 Å². The number of sulfone groups is 1. The number of amides is 1. The molecule has 1 N–H and O–H groups in total. The quantitative estimate of drug-likeness (QED) is 0.358. The van der Waals surface area contributed by atoms with Gasteiger partial charge in [-0.05, 0) is 12.1 Å². The molecule has 0 aliphatic carbocycles. The minimum Gasteiger partial charge on any atom is -0.298 e. The molecule has 0 saturated heterocycles. The number of nitrogens with zero attached hydrogens (tertiary/aromatic N) is 4. The Morgan fingerprint density at radius 3 is 2.00 bits per heavy atom. The summed E-state index contributed by atoms with van der Waals surface area (Å²) in [4.78, 5) is 46.2. The fraction of sp³-hybridized carbons (Fsp3) is 0. The maximum Gasteiger partial charge on any atom is 0.295 e. The van der Waals surface area contributed by atoms with Gasteiger partial charge in [0.15, 0.2) is 10.2 Å². The normalized spacial score (nSPS) is 11.1. The Labute approximate surface area is 191 Å². The van der Waals surface area contributed by atoms with Crippen LogP contribution in [0.1, 0.15) is 10.4 Å². The summed E-state index contributed by atoms with van der Waals surface area (Å²) in [6.07, 6.45) is 0.934. The molecule has 170 valence electrons. The van der Waals surface area contributed by atoms with Gasteiger partial charge in [0, 0.05) is 24.3 Å². The first-order valence-corrected chi connectivity index (χ1v) is 11.0. The molecule has 0 saturated carbocycles. The molecule has 3 aromatic rings. The van der Waals surface area contributed by atoms with E-state index in [2.05, 4.69) is 10.3 Å². The Morgan fingerprint density at radius 1 is 0.970 bits per heavy atom. The molecule has 0 bridgehead atoms. The van der Waals surface area contributed by atoms with Gasteiger partial charge in [0.1, 0.15) is 4.21 Å². The third-order valence-corrected chi connectivity index (χ3v) is 7.55. The number of aromatic nitrogens is 1. The molecule has 0 aliphatic heterocycles. The van der Waals surface area contributed by atoms with Crippen molar-refractivity contribution in [3.63, 3.8) is 0 Å². The van der Waals surface area contributed by atoms with Crippen LogP contribution in [0.25, 0.3) is 0 Å². The molecule has 0 atom stereocenters. The second kappa shape index (κ2) is 8.85. The van der Waals surface area contributed by atoms with Crippen LogP contribution in [-0.2, 0) is 9.84 Å². The van der Waals surface area contributed by atoms with Gasteiger partial charge in [-0.15, -0.1) is 0 Å². The van der Waals surface area contributed by atoms with E-state index >= 15 is 0 Å². The number of hydrogen-bond donors (Lipinski definition) is 1. The third kappa shape index (κ3) is 4.76. The smallest absolute Gasteiger partial charge is 0.295 e. The number of non-ortho nitro benzene ring substituents is 1. The molecule has 0 fully saturated rings. The van der Waals surface area contributed by atoms with Crippen LogP contribution in [0, 0.1) is 30.3 Å². The van der Waals surface area contributed by atoms with E-state index in [1.807, 2.05) is 0 Å². The van der Waals surface area contributed by atoms with Gasteiger partial charge in [-0.3, -0.25) is 40.5 Å². The number of nitro groups is 3. The molecule has 2 aromatic carbocycles. The van der Waals surface area contributed by atoms with Crippen LogP contribution in [0.5, 0.6) is 0 Å². The molecule has 1 amide bonds. The average Bonchev–Trinajstić information content (AvgIpc) is 3.22. The van der Waals surface area contributed by atoms with Crippen LogP contribution in [0.4, 0.5) is 22.2 Å². The molecule has 17 heteroatoms. The zero-order valence-corrected chi connectivity index (χ0v) is 18.1. The predicted octanol–water partition coefficient (Wildman–Crippen LogP) is 3.61. The molecule has 1 aromatic heterocycles. The number of carbonyl (C=O) groups excluding carboxylic acids is 1. The van der Waals surface area contributed by atoms with Crippen molar-refractivity contribution in [2.24, 2.45) is 0 Å². The zero-order chi connectivity index (χ0) is 24.5. The lowest BCUT2D eigenvalue weighted by molar-refractivity contribution is -0.393. The van der Waals surface area contributed by atoms with Crippen LogP contribution >= 0.6 is 22.9 Å². The minimum atomic E-state index is -4.12. The van der Waals surface area contributed by atoms with Crippen molar-refractivity contribution in [1.82, 2.24) is 4.98 Å². The number of nitro benzene ring substituents is 3. The molecule has 14 nitrogen and oxygen atoms in total. The number of nitrogens with one attached hydrogen (secondary N) is 1. The summed E-state index contributed by atoms with van der Waals surface area (Å²) in [5, 5.41) is 34.1. The monoisotopic (exact) mass is 513 g/mol. The van der Waals surface area contributed by atoms with Crippen LogP contribution in [0.3, 0.4) is 0 Å². The van der Waals surface area contributed by atoms with E-state index in [1.165, 1.54) is 0 Å². The fourth-order valence-electron chi connectivity index (χ4n) is 2.46. The number of halogens is 1. The topological polar surface area (TPSA) is 206 Å². The number of benzene rings is 2. The highest BCUT2D eigenvalue weighted by atomic mass is 35.5. The van der Waals surface area contributed by atoms with E-state index in [4.69, 9.17) is 11.6 Å². The molecule has 0 spiro atoms. The fourth-order valence-corrected chi connectivity index (χ4v) is 5.14. The molecule has 33 heavy (non-hydrogen) atoms. The number of hydrogen-bond acceptors (Lipinski definition) is 11. The van der Waals surface area contributed by atoms with E-state index in [1.54, 1.807) is 0 Å². The van der Waals surface area contributed by atoms with Crippen LogP contribution < -0.4 is 5.32 Å². The third-order valence-electron chi connectivity index (χ3n) is 4.02. The summed E-state index contributed by atoms with van der Waals surface area (Å²) in [5.74, 6) is -1.04. The second-order valence-corrected chi connectivity index (χ2v) is 9.62. The van der Waals surface area contributed by atoms with E-state index < -0.39 is 52.5 Å². The lowest BCUT2D eigenvalue weighted by Gasteiger charge is -2.04. The van der Waals surface area contributed by atoms with Gasteiger partial charge < -0.3 is 0 Å². The van der Waals surface area contributed by atoms with Crippen molar-refractivity contribution >= 4 is 60.9 Å². The van der Waals surface area contributed by atoms with Crippen LogP contribution in [0.15, 0.2) is 51.7 Å². The van der Waals surface area contributed by atoms with Gasteiger partial charge in [0.25, 0.3) is 23.0 Å². The van der Waals surface area contributed by atoms with Crippen LogP contribution in [0.2, 0.25) is 5.02 Å². The Kier molecular flexibility index (Phi) is 6.34. The summed E-state index contributed by atoms with van der Waals surface area (Å²) in [5.41, 5.74) is -2.52. The van der Waals surface area contributed by atoms with Gasteiger partial charge in [-0.1, -0.05) is 22.9 Å². The summed E-state index contributed by atoms with van der Waals surface area (Å²) in [6, 6.07) is 5.56. The number of carbonyl (C=O) groups is 1. The number of thiazole rings is 1. The van der Waals surface area contributed by atoms with Gasteiger partial charge >= 0.3 is 0 Å². The zero-order valence-electron chi connectivity index (χ0n) is 15.7. The van der Waals surface area contributed by atoms with Crippen molar-refractivity contribution in [1.29, 1.82) is 0 Å². The maximum atomic E-state index is 12.7. The first-order valence-electron chi connectivity index (χ1n) is 8.31. The summed E-state index contributed by atoms with van der Waals surface area (Å²) in [6.45, 7) is 0. The molecular formula is C16H8ClN5O9S2. The van der Waals surface area contributed by atoms with E-state index in [0.717, 1.165) is 42.6 Å². The molecule has 0 aliphatic rings. The van der Waals surface area contributed by atoms with Gasteiger partial charge in [0.05, 0.1) is 31.4 Å². The first kappa shape index (κ1) is 23.6. The highest BCUT2D eigenvalue weighted by molar-refractivity contribution is 7.93. The average molecular weight is 514 g/mol. The van der Waals surface area contributed by atoms with E-state index in [9.17, 15) is 43.6 Å². The van der Waals surface area contributed by atoms with Crippen molar-refractivity contribution in [2.75, 3.05) is 5.32 Å². The van der Waals surface area contributed by atoms with E-state index in [0.29, 0.717) is 11.3 Å². The minimum absolute atomic E-state index is 0.222. The molecule has 0 radical (unpaired) electrons. The van der Waals surface area contributed by atoms with Crippen molar-refractivity contribution in [3.8, 4) is 0 Å². The van der Waals surface area contributed by atoms with Gasteiger partial charge in [0.2, 0.25) is 9.84 Å². The predicted molar refractivity (Wildman–Crippen MR) is 113 cm³/mol. The Morgan fingerprint density at radius 2 is 1.52 bits per heavy atom. The largest absolute Gasteiger partial charge is 0.298 e. The highest BCUT2D eigenvalue weighted by Gasteiger charge is 2.28. The second-order valence-electron chi connectivity index (χ2n) is 6.04. The number of anilines is 1. The maximum absolute atomic E-state index is 12.7. The molecule has 3 rings (SSSR count). The molecular weight excluding hydrogens is 506 g/mol. The van der Waals surface area contributed by atoms with Gasteiger partial charge in [-0.25, -0.2) is 13.4 Å². The van der Waals surface area contributed by atoms with Crippen molar-refractivity contribution in [3.05, 3.63) is 83.5 Å². The Hall–Kier alpha value is -4.02. The standard InChI is InChI=1S/C16H8ClN5O9S2/c17-14-11(21(26)27)5-8(6-12(14)22(28)29)15(23)19-16-18-7-13(32-16)33(30,31)10-3-1-9(2-4-10)20(24)25/h1-7H,(H,18,19,23).